The summed E-state index contributed by atoms with van der Waals surface area (Å²) in [6.07, 6.45) is 2.60. The summed E-state index contributed by atoms with van der Waals surface area (Å²) in [6, 6.07) is 14.7. The molecule has 5 rings (SSSR count). The van der Waals surface area contributed by atoms with Gasteiger partial charge in [0.1, 0.15) is 4.21 Å². The van der Waals surface area contributed by atoms with Gasteiger partial charge in [-0.15, -0.1) is 11.3 Å². The quantitative estimate of drug-likeness (QED) is 0.325. The third-order valence-electron chi connectivity index (χ3n) is 6.10. The number of rotatable bonds is 6. The molecule has 1 fully saturated rings. The van der Waals surface area contributed by atoms with E-state index in [-0.39, 0.29) is 29.1 Å². The lowest BCUT2D eigenvalue weighted by Crippen LogP contribution is -2.44. The van der Waals surface area contributed by atoms with Crippen molar-refractivity contribution < 1.29 is 13.2 Å². The lowest BCUT2D eigenvalue weighted by Gasteiger charge is -2.32. The smallest absolute Gasteiger partial charge is 0.252 e. The fourth-order valence-corrected chi connectivity index (χ4v) is 8.37. The molecule has 1 aromatic carbocycles. The van der Waals surface area contributed by atoms with Gasteiger partial charge in [-0.1, -0.05) is 41.1 Å². The van der Waals surface area contributed by atoms with E-state index < -0.39 is 10.0 Å². The Labute approximate surface area is 217 Å². The van der Waals surface area contributed by atoms with Crippen molar-refractivity contribution >= 4 is 65.6 Å². The molecule has 1 amide bonds. The van der Waals surface area contributed by atoms with Crippen LogP contribution in [0.4, 0.5) is 5.13 Å². The molecule has 0 saturated carbocycles. The molecule has 4 aromatic rings. The van der Waals surface area contributed by atoms with Crippen molar-refractivity contribution in [2.24, 2.45) is 5.92 Å². The highest BCUT2D eigenvalue weighted by Gasteiger charge is 2.35. The van der Waals surface area contributed by atoms with E-state index in [1.54, 1.807) is 17.2 Å². The van der Waals surface area contributed by atoms with Crippen LogP contribution in [0.25, 0.3) is 10.2 Å². The molecular formula is C24H23ClN4O3S3. The maximum absolute atomic E-state index is 13.8. The zero-order valence-corrected chi connectivity index (χ0v) is 22.1. The first kappa shape index (κ1) is 24.3. The van der Waals surface area contributed by atoms with Crippen LogP contribution in [0, 0.1) is 12.8 Å². The molecule has 1 saturated heterocycles. The Kier molecular flexibility index (Phi) is 6.91. The summed E-state index contributed by atoms with van der Waals surface area (Å²) in [6.45, 7) is 2.88. The first-order chi connectivity index (χ1) is 16.8. The largest absolute Gasteiger partial charge is 0.282 e. The second kappa shape index (κ2) is 9.94. The lowest BCUT2D eigenvalue weighted by atomic mass is 9.96. The van der Waals surface area contributed by atoms with Gasteiger partial charge in [-0.3, -0.25) is 14.7 Å². The molecule has 3 aromatic heterocycles. The maximum atomic E-state index is 13.8. The van der Waals surface area contributed by atoms with E-state index in [1.807, 2.05) is 43.3 Å². The first-order valence-electron chi connectivity index (χ1n) is 11.2. The van der Waals surface area contributed by atoms with E-state index in [0.29, 0.717) is 28.9 Å². The molecule has 0 spiro atoms. The van der Waals surface area contributed by atoms with Crippen LogP contribution in [0.3, 0.4) is 0 Å². The Morgan fingerprint density at radius 3 is 2.57 bits per heavy atom. The van der Waals surface area contributed by atoms with Crippen molar-refractivity contribution in [3.63, 3.8) is 0 Å². The summed E-state index contributed by atoms with van der Waals surface area (Å²) in [5.74, 6) is -0.353. The van der Waals surface area contributed by atoms with Gasteiger partial charge < -0.3 is 0 Å². The minimum absolute atomic E-state index is 0.0522. The van der Waals surface area contributed by atoms with Crippen molar-refractivity contribution in [3.8, 4) is 0 Å². The number of aryl methyl sites for hydroxylation is 1. The normalized spacial score (nSPS) is 15.5. The van der Waals surface area contributed by atoms with Gasteiger partial charge in [0, 0.05) is 25.2 Å². The number of amides is 1. The zero-order valence-electron chi connectivity index (χ0n) is 18.9. The molecule has 35 heavy (non-hydrogen) atoms. The van der Waals surface area contributed by atoms with E-state index in [9.17, 15) is 13.2 Å². The van der Waals surface area contributed by atoms with Gasteiger partial charge in [-0.25, -0.2) is 13.4 Å². The van der Waals surface area contributed by atoms with Gasteiger partial charge in [-0.2, -0.15) is 4.31 Å². The highest BCUT2D eigenvalue weighted by molar-refractivity contribution is 7.91. The lowest BCUT2D eigenvalue weighted by molar-refractivity contribution is -0.123. The molecule has 0 unspecified atom stereocenters. The number of thiazole rings is 1. The van der Waals surface area contributed by atoms with Gasteiger partial charge >= 0.3 is 0 Å². The van der Waals surface area contributed by atoms with Gasteiger partial charge in [0.2, 0.25) is 5.91 Å². The minimum atomic E-state index is -3.61. The summed E-state index contributed by atoms with van der Waals surface area (Å²) < 4.78 is 29.1. The SMILES string of the molecule is Cc1cccc2sc(N(Cc3ccccn3)C(=O)C3CCN(S(=O)(=O)c4ccc(Cl)s4)CC3)nc12. The van der Waals surface area contributed by atoms with Gasteiger partial charge in [0.15, 0.2) is 5.13 Å². The number of fused-ring (bicyclic) bond motifs is 1. The highest BCUT2D eigenvalue weighted by Crippen LogP contribution is 2.35. The number of nitrogens with zero attached hydrogens (tertiary/aromatic N) is 4. The van der Waals surface area contributed by atoms with Crippen LogP contribution in [0.2, 0.25) is 4.34 Å². The Morgan fingerprint density at radius 1 is 1.11 bits per heavy atom. The highest BCUT2D eigenvalue weighted by atomic mass is 35.5. The third kappa shape index (κ3) is 4.99. The molecule has 0 radical (unpaired) electrons. The van der Waals surface area contributed by atoms with E-state index in [2.05, 4.69) is 4.98 Å². The number of aromatic nitrogens is 2. The zero-order chi connectivity index (χ0) is 24.6. The second-order valence-electron chi connectivity index (χ2n) is 8.40. The summed E-state index contributed by atoms with van der Waals surface area (Å²) >= 11 is 8.48. The number of hydrogen-bond acceptors (Lipinski definition) is 7. The van der Waals surface area contributed by atoms with Crippen molar-refractivity contribution in [2.45, 2.75) is 30.5 Å². The van der Waals surface area contributed by atoms with Crippen molar-refractivity contribution in [2.75, 3.05) is 18.0 Å². The van der Waals surface area contributed by atoms with Gasteiger partial charge in [0.25, 0.3) is 10.0 Å². The Balaban J connectivity index is 1.38. The van der Waals surface area contributed by atoms with E-state index in [1.165, 1.54) is 21.7 Å². The first-order valence-corrected chi connectivity index (χ1v) is 14.6. The minimum Gasteiger partial charge on any atom is -0.282 e. The van der Waals surface area contributed by atoms with E-state index in [0.717, 1.165) is 32.8 Å². The average Bonchev–Trinajstić information content (AvgIpc) is 3.50. The molecule has 0 atom stereocenters. The number of benzene rings is 1. The summed E-state index contributed by atoms with van der Waals surface area (Å²) in [4.78, 5) is 24.7. The topological polar surface area (TPSA) is 83.5 Å². The number of hydrogen-bond donors (Lipinski definition) is 0. The number of carbonyl (C=O) groups excluding carboxylic acids is 1. The molecule has 0 bridgehead atoms. The number of pyridine rings is 1. The van der Waals surface area contributed by atoms with E-state index >= 15 is 0 Å². The molecular weight excluding hydrogens is 524 g/mol. The number of para-hydroxylation sites is 1. The Bertz CT molecular complexity index is 1460. The molecule has 7 nitrogen and oxygen atoms in total. The molecule has 182 valence electrons. The number of anilines is 1. The number of carbonyl (C=O) groups is 1. The number of sulfonamides is 1. The van der Waals surface area contributed by atoms with E-state index in [4.69, 9.17) is 16.6 Å². The van der Waals surface area contributed by atoms with Crippen LogP contribution in [0.1, 0.15) is 24.1 Å². The predicted octanol–water partition coefficient (Wildman–Crippen LogP) is 5.35. The summed E-state index contributed by atoms with van der Waals surface area (Å²) in [5.41, 5.74) is 2.72. The van der Waals surface area contributed by atoms with Crippen molar-refractivity contribution in [3.05, 3.63) is 70.3 Å². The van der Waals surface area contributed by atoms with Crippen LogP contribution >= 0.6 is 34.3 Å². The number of thiophene rings is 1. The standard InChI is InChI=1S/C24H23ClN4O3S3/c1-16-5-4-7-19-22(16)27-24(33-19)29(15-18-6-2-3-12-26-18)23(30)17-10-13-28(14-11-17)35(31,32)21-9-8-20(25)34-21/h2-9,12,17H,10-11,13-15H2,1H3. The fourth-order valence-electron chi connectivity index (χ4n) is 4.21. The molecule has 11 heteroatoms. The monoisotopic (exact) mass is 546 g/mol. The summed E-state index contributed by atoms with van der Waals surface area (Å²) in [5, 5.41) is 0.633. The Hall–Kier alpha value is -2.37. The van der Waals surface area contributed by atoms with Crippen LogP contribution in [-0.4, -0.2) is 41.7 Å². The van der Waals surface area contributed by atoms with Crippen LogP contribution < -0.4 is 4.90 Å². The molecule has 4 heterocycles. The second-order valence-corrected chi connectivity index (χ2v) is 13.3. The van der Waals surface area contributed by atoms with Crippen LogP contribution in [0.5, 0.6) is 0 Å². The maximum Gasteiger partial charge on any atom is 0.252 e. The van der Waals surface area contributed by atoms with Crippen LogP contribution in [-0.2, 0) is 21.4 Å². The number of halogens is 1. The van der Waals surface area contributed by atoms with Crippen LogP contribution in [0.15, 0.2) is 58.9 Å². The summed E-state index contributed by atoms with van der Waals surface area (Å²) in [7, 11) is -3.61. The van der Waals surface area contributed by atoms with Gasteiger partial charge in [-0.05, 0) is 55.7 Å². The third-order valence-corrected chi connectivity index (χ3v) is 10.7. The predicted molar refractivity (Wildman–Crippen MR) is 141 cm³/mol. The van der Waals surface area contributed by atoms with Crippen molar-refractivity contribution in [1.29, 1.82) is 0 Å². The van der Waals surface area contributed by atoms with Crippen molar-refractivity contribution in [1.82, 2.24) is 14.3 Å². The molecule has 1 aliphatic heterocycles. The Morgan fingerprint density at radius 2 is 1.91 bits per heavy atom. The average molecular weight is 547 g/mol. The fraction of sp³-hybridized carbons (Fsp3) is 0.292. The molecule has 0 aliphatic carbocycles. The van der Waals surface area contributed by atoms with Gasteiger partial charge in [0.05, 0.1) is 26.8 Å². The number of piperidine rings is 1. The molecule has 1 aliphatic rings. The molecule has 0 N–H and O–H groups in total.